The summed E-state index contributed by atoms with van der Waals surface area (Å²) in [6, 6.07) is 10.5. The van der Waals surface area contributed by atoms with Gasteiger partial charge in [0.1, 0.15) is 5.75 Å². The molecule has 0 aliphatic rings. The average Bonchev–Trinajstić information content (AvgIpc) is 2.46. The summed E-state index contributed by atoms with van der Waals surface area (Å²) in [5, 5.41) is 20.3. The summed E-state index contributed by atoms with van der Waals surface area (Å²) >= 11 is 0. The predicted molar refractivity (Wildman–Crippen MR) is 72.0 cm³/mol. The standard InChI is InChI=1S/C14H11NO5/c1-20-10-5-2-4-9(8-10)13-11(14(16)17)6-3-7-12(13)15(18)19/h2-8H,1H3,(H,16,17). The molecule has 0 bridgehead atoms. The number of carbonyl (C=O) groups is 1. The van der Waals surface area contributed by atoms with Gasteiger partial charge in [-0.3, -0.25) is 10.1 Å². The van der Waals surface area contributed by atoms with Crippen molar-refractivity contribution in [2.24, 2.45) is 0 Å². The lowest BCUT2D eigenvalue weighted by atomic mass is 9.97. The van der Waals surface area contributed by atoms with E-state index in [-0.39, 0.29) is 16.8 Å². The highest BCUT2D eigenvalue weighted by molar-refractivity contribution is 5.99. The molecule has 1 N–H and O–H groups in total. The van der Waals surface area contributed by atoms with Crippen LogP contribution in [-0.2, 0) is 0 Å². The van der Waals surface area contributed by atoms with Gasteiger partial charge in [-0.05, 0) is 23.8 Å². The zero-order valence-electron chi connectivity index (χ0n) is 10.6. The molecule has 0 saturated carbocycles. The van der Waals surface area contributed by atoms with Crippen molar-refractivity contribution in [3.05, 3.63) is 58.1 Å². The van der Waals surface area contributed by atoms with Crippen LogP contribution in [0.15, 0.2) is 42.5 Å². The van der Waals surface area contributed by atoms with Crippen LogP contribution in [-0.4, -0.2) is 23.1 Å². The lowest BCUT2D eigenvalue weighted by Crippen LogP contribution is -2.03. The van der Waals surface area contributed by atoms with Crippen LogP contribution in [0.2, 0.25) is 0 Å². The van der Waals surface area contributed by atoms with Crippen LogP contribution in [0.25, 0.3) is 11.1 Å². The normalized spacial score (nSPS) is 10.1. The van der Waals surface area contributed by atoms with E-state index in [1.807, 2.05) is 0 Å². The molecule has 2 aromatic carbocycles. The van der Waals surface area contributed by atoms with Gasteiger partial charge in [0.15, 0.2) is 0 Å². The molecule has 0 spiro atoms. The molecule has 6 nitrogen and oxygen atoms in total. The first-order valence-electron chi connectivity index (χ1n) is 5.69. The van der Waals surface area contributed by atoms with E-state index in [2.05, 4.69) is 0 Å². The lowest BCUT2D eigenvalue weighted by Gasteiger charge is -2.08. The largest absolute Gasteiger partial charge is 0.497 e. The molecule has 2 rings (SSSR count). The lowest BCUT2D eigenvalue weighted by molar-refractivity contribution is -0.384. The van der Waals surface area contributed by atoms with Crippen LogP contribution in [0, 0.1) is 10.1 Å². The minimum absolute atomic E-state index is 0.0731. The van der Waals surface area contributed by atoms with Gasteiger partial charge in [0.05, 0.1) is 23.2 Å². The van der Waals surface area contributed by atoms with Crippen LogP contribution in [0.1, 0.15) is 10.4 Å². The molecule has 6 heteroatoms. The van der Waals surface area contributed by atoms with Crippen molar-refractivity contribution >= 4 is 11.7 Å². The maximum atomic E-state index is 11.3. The van der Waals surface area contributed by atoms with Crippen LogP contribution in [0.3, 0.4) is 0 Å². The molecular formula is C14H11NO5. The number of ether oxygens (including phenoxy) is 1. The maximum absolute atomic E-state index is 11.3. The second kappa shape index (κ2) is 5.40. The molecular weight excluding hydrogens is 262 g/mol. The highest BCUT2D eigenvalue weighted by atomic mass is 16.6. The van der Waals surface area contributed by atoms with Crippen molar-refractivity contribution < 1.29 is 19.6 Å². The fraction of sp³-hybridized carbons (Fsp3) is 0.0714. The zero-order valence-corrected chi connectivity index (χ0v) is 10.6. The van der Waals surface area contributed by atoms with Gasteiger partial charge < -0.3 is 9.84 Å². The average molecular weight is 273 g/mol. The van der Waals surface area contributed by atoms with Gasteiger partial charge in [-0.15, -0.1) is 0 Å². The van der Waals surface area contributed by atoms with E-state index in [4.69, 9.17) is 4.74 Å². The van der Waals surface area contributed by atoms with E-state index >= 15 is 0 Å². The van der Waals surface area contributed by atoms with Crippen LogP contribution < -0.4 is 4.74 Å². The van der Waals surface area contributed by atoms with Gasteiger partial charge in [0, 0.05) is 6.07 Å². The molecule has 0 saturated heterocycles. The number of carboxylic acids is 1. The topological polar surface area (TPSA) is 89.7 Å². The summed E-state index contributed by atoms with van der Waals surface area (Å²) in [7, 11) is 1.47. The Balaban J connectivity index is 2.75. The Hall–Kier alpha value is -2.89. The zero-order chi connectivity index (χ0) is 14.7. The van der Waals surface area contributed by atoms with Crippen LogP contribution >= 0.6 is 0 Å². The number of nitrogens with zero attached hydrogens (tertiary/aromatic N) is 1. The number of nitro groups is 1. The number of methoxy groups -OCH3 is 1. The quantitative estimate of drug-likeness (QED) is 0.683. The Labute approximate surface area is 114 Å². The highest BCUT2D eigenvalue weighted by Gasteiger charge is 2.22. The Kier molecular flexibility index (Phi) is 3.65. The molecule has 20 heavy (non-hydrogen) atoms. The minimum atomic E-state index is -1.22. The number of aromatic carboxylic acids is 1. The summed E-state index contributed by atoms with van der Waals surface area (Å²) in [5.41, 5.74) is 0.128. The second-order valence-corrected chi connectivity index (χ2v) is 3.99. The van der Waals surface area contributed by atoms with Crippen molar-refractivity contribution in [1.29, 1.82) is 0 Å². The molecule has 0 heterocycles. The van der Waals surface area contributed by atoms with E-state index in [9.17, 15) is 20.0 Å². The van der Waals surface area contributed by atoms with Crippen molar-refractivity contribution in [3.8, 4) is 16.9 Å². The molecule has 102 valence electrons. The maximum Gasteiger partial charge on any atom is 0.336 e. The minimum Gasteiger partial charge on any atom is -0.497 e. The van der Waals surface area contributed by atoms with Crippen molar-refractivity contribution in [2.75, 3.05) is 7.11 Å². The number of benzene rings is 2. The monoisotopic (exact) mass is 273 g/mol. The molecule has 0 unspecified atom stereocenters. The smallest absolute Gasteiger partial charge is 0.336 e. The Morgan fingerprint density at radius 2 is 1.95 bits per heavy atom. The third-order valence-corrected chi connectivity index (χ3v) is 2.83. The van der Waals surface area contributed by atoms with Gasteiger partial charge in [-0.2, -0.15) is 0 Å². The number of hydrogen-bond donors (Lipinski definition) is 1. The molecule has 0 aliphatic heterocycles. The number of hydrogen-bond acceptors (Lipinski definition) is 4. The van der Waals surface area contributed by atoms with Crippen molar-refractivity contribution in [1.82, 2.24) is 0 Å². The molecule has 0 amide bonds. The van der Waals surface area contributed by atoms with Crippen molar-refractivity contribution in [2.45, 2.75) is 0 Å². The Morgan fingerprint density at radius 1 is 1.25 bits per heavy atom. The first-order chi connectivity index (χ1) is 9.54. The van der Waals surface area contributed by atoms with E-state index in [1.165, 1.54) is 25.3 Å². The Morgan fingerprint density at radius 3 is 2.55 bits per heavy atom. The van der Waals surface area contributed by atoms with Crippen LogP contribution in [0.5, 0.6) is 5.75 Å². The van der Waals surface area contributed by atoms with Gasteiger partial charge in [0.25, 0.3) is 5.69 Å². The predicted octanol–water partition coefficient (Wildman–Crippen LogP) is 2.97. The molecule has 0 atom stereocenters. The first-order valence-corrected chi connectivity index (χ1v) is 5.69. The van der Waals surface area contributed by atoms with E-state index in [1.54, 1.807) is 24.3 Å². The summed E-state index contributed by atoms with van der Waals surface area (Å²) in [5.74, 6) is -0.719. The van der Waals surface area contributed by atoms with Gasteiger partial charge in [-0.25, -0.2) is 4.79 Å². The summed E-state index contributed by atoms with van der Waals surface area (Å²) in [6.07, 6.45) is 0. The SMILES string of the molecule is COc1cccc(-c2c(C(=O)O)cccc2[N+](=O)[O-])c1. The van der Waals surface area contributed by atoms with Gasteiger partial charge >= 0.3 is 5.97 Å². The fourth-order valence-electron chi connectivity index (χ4n) is 1.95. The second-order valence-electron chi connectivity index (χ2n) is 3.99. The third-order valence-electron chi connectivity index (χ3n) is 2.83. The number of nitro benzene ring substituents is 1. The highest BCUT2D eigenvalue weighted by Crippen LogP contribution is 2.34. The number of carboxylic acid groups (broad SMARTS) is 1. The van der Waals surface area contributed by atoms with Gasteiger partial charge in [-0.1, -0.05) is 18.2 Å². The van der Waals surface area contributed by atoms with E-state index in [0.717, 1.165) is 0 Å². The van der Waals surface area contributed by atoms with E-state index in [0.29, 0.717) is 11.3 Å². The first kappa shape index (κ1) is 13.5. The van der Waals surface area contributed by atoms with E-state index < -0.39 is 10.9 Å². The van der Waals surface area contributed by atoms with Crippen molar-refractivity contribution in [3.63, 3.8) is 0 Å². The van der Waals surface area contributed by atoms with Gasteiger partial charge in [0.2, 0.25) is 0 Å². The molecule has 0 aliphatic carbocycles. The number of rotatable bonds is 4. The fourth-order valence-corrected chi connectivity index (χ4v) is 1.95. The Bertz CT molecular complexity index is 649. The molecule has 0 radical (unpaired) electrons. The summed E-state index contributed by atoms with van der Waals surface area (Å²) in [4.78, 5) is 21.8. The molecule has 0 fully saturated rings. The van der Waals surface area contributed by atoms with Crippen LogP contribution in [0.4, 0.5) is 5.69 Å². The molecule has 0 aromatic heterocycles. The summed E-state index contributed by atoms with van der Waals surface area (Å²) in [6.45, 7) is 0. The molecule has 2 aromatic rings. The summed E-state index contributed by atoms with van der Waals surface area (Å²) < 4.78 is 5.06. The third kappa shape index (κ3) is 2.44.